The van der Waals surface area contributed by atoms with Crippen LogP contribution in [0.2, 0.25) is 0 Å². The van der Waals surface area contributed by atoms with Crippen LogP contribution in [0.1, 0.15) is 82.1 Å². The van der Waals surface area contributed by atoms with E-state index in [0.717, 1.165) is 56.6 Å². The van der Waals surface area contributed by atoms with Crippen LogP contribution in [0.4, 0.5) is 0 Å². The van der Waals surface area contributed by atoms with E-state index < -0.39 is 35.8 Å². The van der Waals surface area contributed by atoms with Crippen molar-refractivity contribution in [2.45, 2.75) is 29.6 Å². The summed E-state index contributed by atoms with van der Waals surface area (Å²) >= 11 is 3.28. The van der Waals surface area contributed by atoms with Crippen molar-refractivity contribution in [2.75, 3.05) is 31.8 Å². The molecule has 0 N–H and O–H groups in total. The second-order valence-corrected chi connectivity index (χ2v) is 17.5. The Labute approximate surface area is 425 Å². The number of carbonyl (C=O) groups is 6. The number of aryl methyl sites for hydroxylation is 1. The number of hydrogen-bond acceptors (Lipinski definition) is 14. The van der Waals surface area contributed by atoms with E-state index in [1.807, 2.05) is 61.5 Å². The third-order valence-electron chi connectivity index (χ3n) is 9.97. The summed E-state index contributed by atoms with van der Waals surface area (Å²) in [5, 5.41) is 0. The minimum Gasteiger partial charge on any atom is -0.465 e. The van der Waals surface area contributed by atoms with Crippen LogP contribution < -0.4 is 14.2 Å². The highest BCUT2D eigenvalue weighted by Gasteiger charge is 2.19. The number of thioether (sulfide) groups is 2. The number of carbonyl (C=O) groups excluding carboxylic acids is 6. The Morgan fingerprint density at radius 3 is 1.35 bits per heavy atom. The minimum atomic E-state index is -0.787. The van der Waals surface area contributed by atoms with Crippen molar-refractivity contribution >= 4 is 59.3 Å². The van der Waals surface area contributed by atoms with Crippen molar-refractivity contribution in [3.63, 3.8) is 0 Å². The van der Waals surface area contributed by atoms with E-state index in [4.69, 9.17) is 28.4 Å². The fourth-order valence-electron chi connectivity index (χ4n) is 6.21. The number of benzene rings is 6. The maximum Gasteiger partial charge on any atom is 0.343 e. The highest BCUT2D eigenvalue weighted by molar-refractivity contribution is 7.99. The lowest BCUT2D eigenvalue weighted by Crippen LogP contribution is -2.13. The highest BCUT2D eigenvalue weighted by Crippen LogP contribution is 2.25. The summed E-state index contributed by atoms with van der Waals surface area (Å²) in [6.45, 7) is 9.24. The van der Waals surface area contributed by atoms with E-state index in [0.29, 0.717) is 36.5 Å². The standard InChI is InChI=1S/C58H46O12S2/c1-5-53(59)66-33-7-35-71-48-27-13-40(14-28-48)9-11-42-17-31-51(39(3)37-42)69-56(62)46-23-25-47(26-24-46)68-55(61)44-19-21-45(22-20-44)57(63)70-52-32-18-43(38-50(52)58(64)65-4)12-10-41-15-29-49(30-16-41)72-36-8-34-67-54(60)6-2/h5-6,13-32,37-38H,1-2,7-8,33-36H2,3-4H3. The Morgan fingerprint density at radius 2 is 0.889 bits per heavy atom. The molecule has 14 heteroatoms. The van der Waals surface area contributed by atoms with Gasteiger partial charge in [-0.15, -0.1) is 23.5 Å². The van der Waals surface area contributed by atoms with Gasteiger partial charge in [0.2, 0.25) is 0 Å². The van der Waals surface area contributed by atoms with Gasteiger partial charge in [-0.25, -0.2) is 28.8 Å². The summed E-state index contributed by atoms with van der Waals surface area (Å²) in [6, 6.07) is 36.7. The predicted octanol–water partition coefficient (Wildman–Crippen LogP) is 10.7. The van der Waals surface area contributed by atoms with E-state index in [9.17, 15) is 28.8 Å². The van der Waals surface area contributed by atoms with Crippen LogP contribution in [0.25, 0.3) is 0 Å². The number of methoxy groups -OCH3 is 1. The van der Waals surface area contributed by atoms with Gasteiger partial charge >= 0.3 is 35.8 Å². The van der Waals surface area contributed by atoms with Crippen molar-refractivity contribution in [2.24, 2.45) is 0 Å². The highest BCUT2D eigenvalue weighted by atomic mass is 32.2. The molecule has 0 radical (unpaired) electrons. The lowest BCUT2D eigenvalue weighted by atomic mass is 10.1. The normalized spacial score (nSPS) is 10.2. The summed E-state index contributed by atoms with van der Waals surface area (Å²) in [5.74, 6) is 10.7. The molecule has 0 saturated heterocycles. The van der Waals surface area contributed by atoms with Crippen LogP contribution >= 0.6 is 23.5 Å². The molecule has 0 aliphatic carbocycles. The lowest BCUT2D eigenvalue weighted by molar-refractivity contribution is -0.138. The molecule has 72 heavy (non-hydrogen) atoms. The molecule has 6 rings (SSSR count). The summed E-state index contributed by atoms with van der Waals surface area (Å²) < 4.78 is 31.7. The van der Waals surface area contributed by atoms with Gasteiger partial charge in [-0.2, -0.15) is 0 Å². The van der Waals surface area contributed by atoms with Crippen LogP contribution in [0.5, 0.6) is 17.2 Å². The first-order valence-electron chi connectivity index (χ1n) is 22.2. The Bertz CT molecular complexity index is 3080. The first kappa shape index (κ1) is 52.8. The predicted molar refractivity (Wildman–Crippen MR) is 275 cm³/mol. The van der Waals surface area contributed by atoms with Crippen molar-refractivity contribution in [1.29, 1.82) is 0 Å². The second-order valence-electron chi connectivity index (χ2n) is 15.1. The summed E-state index contributed by atoms with van der Waals surface area (Å²) in [4.78, 5) is 76.4. The summed E-state index contributed by atoms with van der Waals surface area (Å²) in [7, 11) is 1.21. The molecule has 0 atom stereocenters. The fourth-order valence-corrected chi connectivity index (χ4v) is 7.86. The third-order valence-corrected chi connectivity index (χ3v) is 12.2. The Balaban J connectivity index is 0.970. The third kappa shape index (κ3) is 16.3. The molecule has 6 aromatic rings. The summed E-state index contributed by atoms with van der Waals surface area (Å²) in [5.41, 5.74) is 3.98. The summed E-state index contributed by atoms with van der Waals surface area (Å²) in [6.07, 6.45) is 3.71. The molecular weight excluding hydrogens is 953 g/mol. The van der Waals surface area contributed by atoms with Crippen molar-refractivity contribution in [3.8, 4) is 40.9 Å². The molecule has 0 aliphatic rings. The van der Waals surface area contributed by atoms with E-state index in [2.05, 4.69) is 36.8 Å². The quantitative estimate of drug-likeness (QED) is 0.0144. The second kappa shape index (κ2) is 27.0. The molecule has 0 unspecified atom stereocenters. The average molecular weight is 999 g/mol. The molecule has 12 nitrogen and oxygen atoms in total. The zero-order chi connectivity index (χ0) is 51.2. The number of hydrogen-bond donors (Lipinski definition) is 0. The van der Waals surface area contributed by atoms with E-state index in [1.54, 1.807) is 41.7 Å². The Kier molecular flexibility index (Phi) is 19.8. The van der Waals surface area contributed by atoms with Crippen LogP contribution in [-0.4, -0.2) is 67.6 Å². The Hall–Kier alpha value is -8.56. The van der Waals surface area contributed by atoms with Crippen LogP contribution in [-0.2, 0) is 23.8 Å². The van der Waals surface area contributed by atoms with Crippen molar-refractivity contribution in [3.05, 3.63) is 209 Å². The molecule has 0 saturated carbocycles. The van der Waals surface area contributed by atoms with E-state index in [1.165, 1.54) is 67.8 Å². The lowest BCUT2D eigenvalue weighted by Gasteiger charge is -2.10. The van der Waals surface area contributed by atoms with E-state index in [-0.39, 0.29) is 33.8 Å². The van der Waals surface area contributed by atoms with Gasteiger partial charge in [-0.1, -0.05) is 36.8 Å². The maximum atomic E-state index is 13.2. The van der Waals surface area contributed by atoms with Crippen LogP contribution in [0, 0.1) is 30.6 Å². The zero-order valence-electron chi connectivity index (χ0n) is 39.2. The number of rotatable bonds is 19. The molecule has 0 aliphatic heterocycles. The van der Waals surface area contributed by atoms with E-state index >= 15 is 0 Å². The first-order valence-corrected chi connectivity index (χ1v) is 24.2. The van der Waals surface area contributed by atoms with Gasteiger partial charge in [0.25, 0.3) is 0 Å². The van der Waals surface area contributed by atoms with Gasteiger partial charge < -0.3 is 28.4 Å². The number of ether oxygens (including phenoxy) is 6. The van der Waals surface area contributed by atoms with Gasteiger partial charge in [0, 0.05) is 55.7 Å². The molecule has 0 heterocycles. The largest absolute Gasteiger partial charge is 0.465 e. The van der Waals surface area contributed by atoms with Gasteiger partial charge in [-0.3, -0.25) is 0 Å². The maximum absolute atomic E-state index is 13.2. The monoisotopic (exact) mass is 998 g/mol. The van der Waals surface area contributed by atoms with Gasteiger partial charge in [-0.05, 0) is 159 Å². The fraction of sp³-hybridized carbons (Fsp3) is 0.138. The first-order chi connectivity index (χ1) is 34.9. The van der Waals surface area contributed by atoms with Gasteiger partial charge in [0.05, 0.1) is 37.0 Å². The molecule has 0 amide bonds. The van der Waals surface area contributed by atoms with Crippen LogP contribution in [0.3, 0.4) is 0 Å². The van der Waals surface area contributed by atoms with Crippen LogP contribution in [0.15, 0.2) is 169 Å². The van der Waals surface area contributed by atoms with Gasteiger partial charge in [0.15, 0.2) is 0 Å². The average Bonchev–Trinajstić information content (AvgIpc) is 3.40. The molecule has 0 spiro atoms. The molecule has 362 valence electrons. The smallest absolute Gasteiger partial charge is 0.343 e. The molecule has 0 aromatic heterocycles. The van der Waals surface area contributed by atoms with Crippen molar-refractivity contribution in [1.82, 2.24) is 0 Å². The molecule has 0 bridgehead atoms. The minimum absolute atomic E-state index is 0.0103. The molecule has 6 aromatic carbocycles. The zero-order valence-corrected chi connectivity index (χ0v) is 40.9. The number of esters is 6. The SMILES string of the molecule is C=CC(=O)OCCCSc1ccc(C#Cc2ccc(OC(=O)c3ccc(OC(=O)c4ccc(C(=O)Oc5ccc(C#Cc6ccc(SCCCOC(=O)C=C)cc6)cc5C(=O)OC)cc4)cc3)c(C)c2)cc1. The topological polar surface area (TPSA) is 158 Å². The van der Waals surface area contributed by atoms with Gasteiger partial charge in [0.1, 0.15) is 22.8 Å². The Morgan fingerprint density at radius 1 is 0.486 bits per heavy atom. The molecular formula is C58H46O12S2. The molecule has 0 fully saturated rings. The van der Waals surface area contributed by atoms with Crippen molar-refractivity contribution < 1.29 is 57.2 Å².